The highest BCUT2D eigenvalue weighted by molar-refractivity contribution is 5.74. The lowest BCUT2D eigenvalue weighted by molar-refractivity contribution is -0.684. The zero-order valence-electron chi connectivity index (χ0n) is 38.2. The second-order valence-electron chi connectivity index (χ2n) is 7.95. The van der Waals surface area contributed by atoms with E-state index in [2.05, 4.69) is 16.1 Å². The lowest BCUT2D eigenvalue weighted by Crippen LogP contribution is -2.44. The Morgan fingerprint density at radius 1 is 0.479 bits per heavy atom. The average molecular weight is 677 g/mol. The molecule has 264 valence electrons. The van der Waals surface area contributed by atoms with Gasteiger partial charge in [-0.25, -0.2) is 11.7 Å². The van der Waals surface area contributed by atoms with Gasteiger partial charge in [0.15, 0.2) is 49.5 Å². The van der Waals surface area contributed by atoms with Crippen LogP contribution in [0.5, 0.6) is 0 Å². The van der Waals surface area contributed by atoms with Gasteiger partial charge >= 0.3 is 0 Å². The third-order valence-electron chi connectivity index (χ3n) is 4.70. The summed E-state index contributed by atoms with van der Waals surface area (Å²) in [6, 6.07) is 8.42. The predicted octanol–water partition coefficient (Wildman–Crippen LogP) is -0.831. The fraction of sp³-hybridized carbons (Fsp3) is 0.176. The summed E-state index contributed by atoms with van der Waals surface area (Å²) in [6.07, 6.45) is 5.57. The van der Waals surface area contributed by atoms with Crippen LogP contribution >= 0.6 is 0 Å². The van der Waals surface area contributed by atoms with Crippen molar-refractivity contribution in [1.29, 1.82) is 0 Å². The van der Waals surface area contributed by atoms with Crippen LogP contribution in [-0.4, -0.2) is 37.7 Å². The molecule has 48 heavy (non-hydrogen) atoms. The monoisotopic (exact) mass is 676 g/mol. The molecule has 0 saturated carbocycles. The summed E-state index contributed by atoms with van der Waals surface area (Å²) in [5.74, 6) is 8.50. The Balaban J connectivity index is -0.000000332. The Morgan fingerprint density at radius 3 is 1.04 bits per heavy atom. The molecule has 0 aliphatic carbocycles. The maximum absolute atomic E-state index is 11.1. The van der Waals surface area contributed by atoms with E-state index in [0.717, 1.165) is 9.13 Å². The predicted molar refractivity (Wildman–Crippen MR) is 185 cm³/mol. The number of hydrogen-bond donors (Lipinski definition) is 6. The maximum Gasteiger partial charge on any atom is 0.299 e. The molecule has 0 bridgehead atoms. The fourth-order valence-electron chi connectivity index (χ4n) is 2.61. The van der Waals surface area contributed by atoms with E-state index in [1.165, 1.54) is 7.05 Å². The molecule has 4 aromatic heterocycles. The summed E-state index contributed by atoms with van der Waals surface area (Å²) in [5, 5.41) is 4.88. The van der Waals surface area contributed by atoms with Crippen LogP contribution in [0.2, 0.25) is 0 Å². The molecule has 4 amide bonds. The highest BCUT2D eigenvalue weighted by Crippen LogP contribution is 1.78. The number of carbonyl (C=O) groups excluding carboxylic acids is 4. The van der Waals surface area contributed by atoms with E-state index in [0.29, 0.717) is 6.54 Å². The van der Waals surface area contributed by atoms with Crippen molar-refractivity contribution in [3.63, 3.8) is 0 Å². The first kappa shape index (κ1) is 31.0. The van der Waals surface area contributed by atoms with Crippen LogP contribution in [0, 0.1) is 29.7 Å². The van der Waals surface area contributed by atoms with Gasteiger partial charge in [-0.2, -0.15) is 18.3 Å². The summed E-state index contributed by atoms with van der Waals surface area (Å²) < 4.78 is 79.4. The van der Waals surface area contributed by atoms with E-state index in [4.69, 9.17) is 25.4 Å². The van der Waals surface area contributed by atoms with Crippen LogP contribution in [0.3, 0.4) is 0 Å². The van der Waals surface area contributed by atoms with Crippen LogP contribution in [0.4, 0.5) is 0 Å². The number of likely N-dealkylation sites (N-methyl/N-ethyl adjacent to an activating group) is 2. The van der Waals surface area contributed by atoms with Crippen molar-refractivity contribution in [2.75, 3.05) is 14.1 Å². The van der Waals surface area contributed by atoms with E-state index in [1.807, 2.05) is 58.8 Å². The zero-order chi connectivity index (χ0) is 41.1. The molecule has 4 rings (SSSR count). The molecule has 8 N–H and O–H groups in total. The van der Waals surface area contributed by atoms with E-state index in [9.17, 15) is 19.2 Å². The second kappa shape index (κ2) is 31.4. The summed E-state index contributed by atoms with van der Waals surface area (Å²) in [4.78, 5) is 43.7. The molecule has 0 radical (unpaired) electrons. The summed E-state index contributed by atoms with van der Waals surface area (Å²) in [7, 11) is 3.05. The van der Waals surface area contributed by atoms with Crippen molar-refractivity contribution in [3.8, 4) is 0 Å². The minimum absolute atomic E-state index is 0. The molecule has 14 nitrogen and oxygen atoms in total. The third kappa shape index (κ3) is 24.7. The maximum atomic E-state index is 11.1. The highest BCUT2D eigenvalue weighted by Gasteiger charge is 2.06. The van der Waals surface area contributed by atoms with Crippen molar-refractivity contribution in [2.24, 2.45) is 11.7 Å². The molecule has 0 aliphatic rings. The number of aromatic nitrogens is 4. The van der Waals surface area contributed by atoms with Gasteiger partial charge in [-0.3, -0.25) is 30.0 Å². The smallest absolute Gasteiger partial charge is 0.299 e. The van der Waals surface area contributed by atoms with Crippen LogP contribution < -0.4 is 51.4 Å². The Morgan fingerprint density at radius 2 is 0.750 bits per heavy atom. The van der Waals surface area contributed by atoms with Crippen molar-refractivity contribution in [3.05, 3.63) is 152 Å². The van der Waals surface area contributed by atoms with Crippen LogP contribution in [0.1, 0.15) is 13.7 Å². The molecule has 4 aromatic rings. The van der Waals surface area contributed by atoms with Crippen molar-refractivity contribution in [1.82, 2.24) is 21.5 Å². The Hall–Kier alpha value is -5.60. The van der Waals surface area contributed by atoms with Crippen LogP contribution in [-0.2, 0) is 45.4 Å². The van der Waals surface area contributed by atoms with Gasteiger partial charge in [0.2, 0.25) is 26.2 Å². The number of nitrogens with one attached hydrogen (secondary N) is 4. The van der Waals surface area contributed by atoms with Gasteiger partial charge in [0.25, 0.3) is 23.6 Å². The molecule has 0 fully saturated rings. The third-order valence-corrected chi connectivity index (χ3v) is 4.70. The van der Waals surface area contributed by atoms with Crippen LogP contribution in [0.25, 0.3) is 0 Å². The summed E-state index contributed by atoms with van der Waals surface area (Å²) >= 11 is 0. The van der Waals surface area contributed by atoms with Gasteiger partial charge in [0, 0.05) is 62.5 Å². The number of hydrogen-bond acceptors (Lipinski definition) is 6. The van der Waals surface area contributed by atoms with Gasteiger partial charge in [0.1, 0.15) is 5.48 Å². The first-order valence-corrected chi connectivity index (χ1v) is 12.7. The first-order valence-electron chi connectivity index (χ1n) is 17.7. The quantitative estimate of drug-likeness (QED) is 0.0465. The molecule has 0 spiro atoms. The fourth-order valence-corrected chi connectivity index (χ4v) is 2.61. The Kier molecular flexibility index (Phi) is 20.3. The number of pyridine rings is 4. The van der Waals surface area contributed by atoms with Crippen LogP contribution in [0.15, 0.2) is 122 Å². The second-order valence-corrected chi connectivity index (χ2v) is 7.95. The largest absolute Gasteiger partial charge is 0.358 e. The lowest BCUT2D eigenvalue weighted by Gasteiger charge is -1.93. The van der Waals surface area contributed by atoms with Gasteiger partial charge in [0.05, 0.1) is 8.22 Å². The zero-order valence-corrected chi connectivity index (χ0v) is 28.2. The number of hydrazine groups is 2. The topological polar surface area (TPSA) is 184 Å². The average Bonchev–Trinajstić information content (AvgIpc) is 3.19. The molecule has 0 atom stereocenters. The number of amides is 4. The number of carbonyl (C=O) groups is 4. The summed E-state index contributed by atoms with van der Waals surface area (Å²) in [5.41, 5.74) is 3.88. The van der Waals surface area contributed by atoms with Gasteiger partial charge in [-0.1, -0.05) is 24.2 Å². The normalized spacial score (nSPS) is 11.3. The van der Waals surface area contributed by atoms with Gasteiger partial charge in [-0.15, -0.1) is 0 Å². The number of rotatable bonds is 8. The molecular formula is C34H54N10O4. The van der Waals surface area contributed by atoms with Crippen molar-refractivity contribution in [2.45, 2.75) is 26.2 Å². The molecule has 0 saturated heterocycles. The first-order chi connectivity index (χ1) is 25.4. The minimum atomic E-state index is -0.650. The standard InChI is InChI=1S/2C8H10N2O.2C7H9N3O.4CH3/c2*1-9-8(11)7-10-5-3-2-4-6-10;2*8-9-7(11)6-10-4-2-1-3-5-10;;;;/h2*2-6H,7H2,1H3;2*1-5H,6,8H2;4*1H3/q;;;;4*-1/p+4/i2D,3D,4D,5D,6D;;1D,2D,3D,4D,5D;;;;;. The SMILES string of the molecule is CNC(=O)C[n+]1ccccc1.NNC(=O)C[n+]1ccccc1.[2H]c1c([2H])c([2H])[n+](CC(=O)NC)c([2H])c1[2H].[2H]c1c([2H])c([2H])[n+](CC(=O)NN)c([2H])c1[2H].[CH3-].[CH3-].[CH3-].[CH3-]. The lowest BCUT2D eigenvalue weighted by atomic mass is 10.4. The molecule has 14 heteroatoms. The number of nitrogens with zero attached hydrogens (tertiary/aromatic N) is 4. The minimum Gasteiger partial charge on any atom is -0.358 e. The Labute approximate surface area is 300 Å². The molecule has 0 aromatic carbocycles. The van der Waals surface area contributed by atoms with E-state index in [-0.39, 0.29) is 54.6 Å². The highest BCUT2D eigenvalue weighted by atomic mass is 16.2. The molecular weight excluding hydrogens is 612 g/mol. The van der Waals surface area contributed by atoms with E-state index in [1.54, 1.807) is 24.0 Å². The molecule has 0 aliphatic heterocycles. The molecule has 0 unspecified atom stereocenters. The number of nitrogens with two attached hydrogens (primary N) is 2. The van der Waals surface area contributed by atoms with E-state index >= 15 is 0 Å². The van der Waals surface area contributed by atoms with E-state index < -0.39 is 79.3 Å². The Bertz CT molecular complexity index is 1720. The van der Waals surface area contributed by atoms with Crippen molar-refractivity contribution < 1.29 is 51.2 Å². The summed E-state index contributed by atoms with van der Waals surface area (Å²) in [6.45, 7) is -0.0763. The van der Waals surface area contributed by atoms with Gasteiger partial charge < -0.3 is 40.3 Å². The van der Waals surface area contributed by atoms with Crippen molar-refractivity contribution >= 4 is 23.6 Å². The van der Waals surface area contributed by atoms with Gasteiger partial charge in [-0.05, 0) is 0 Å². The molecule has 4 heterocycles.